The molecular formula is C21H27N2O5+. The zero-order valence-electron chi connectivity index (χ0n) is 16.2. The lowest BCUT2D eigenvalue weighted by Crippen LogP contribution is -3.14. The zero-order chi connectivity index (χ0) is 19.5. The van der Waals surface area contributed by atoms with Crippen LogP contribution in [0.2, 0.25) is 0 Å². The highest BCUT2D eigenvalue weighted by Crippen LogP contribution is 2.29. The molecular weight excluding hydrogens is 360 g/mol. The molecule has 7 nitrogen and oxygen atoms in total. The van der Waals surface area contributed by atoms with Gasteiger partial charge in [-0.15, -0.1) is 0 Å². The van der Waals surface area contributed by atoms with Crippen molar-refractivity contribution in [2.75, 3.05) is 39.4 Å². The molecule has 2 N–H and O–H groups in total. The molecule has 2 heterocycles. The van der Waals surface area contributed by atoms with Gasteiger partial charge in [0.1, 0.15) is 24.4 Å². The monoisotopic (exact) mass is 387 g/mol. The average Bonchev–Trinajstić information content (AvgIpc) is 3.19. The normalized spacial score (nSPS) is 18.0. The number of rotatable bonds is 6. The Kier molecular flexibility index (Phi) is 5.64. The van der Waals surface area contributed by atoms with Gasteiger partial charge in [-0.3, -0.25) is 4.79 Å². The molecule has 0 saturated carbocycles. The van der Waals surface area contributed by atoms with Gasteiger partial charge in [-0.2, -0.15) is 0 Å². The standard InChI is InChI=1S/C21H26N2O5/c1-14(20(24)22-7-8-23-9-11-26-12-10-23)27-15-5-6-17-16-3-2-4-18(16)21(25)28-19(17)13-15/h5-6,13-14H,2-4,7-12H2,1H3,(H,22,24)/p+1/t14-/m0/s1. The van der Waals surface area contributed by atoms with Crippen LogP contribution in [-0.2, 0) is 22.4 Å². The van der Waals surface area contributed by atoms with E-state index in [1.54, 1.807) is 13.0 Å². The summed E-state index contributed by atoms with van der Waals surface area (Å²) in [6.07, 6.45) is 2.05. The second-order valence-corrected chi connectivity index (χ2v) is 7.52. The molecule has 0 bridgehead atoms. The molecule has 0 unspecified atom stereocenters. The zero-order valence-corrected chi connectivity index (χ0v) is 16.2. The van der Waals surface area contributed by atoms with Crippen molar-refractivity contribution in [3.05, 3.63) is 39.7 Å². The summed E-state index contributed by atoms with van der Waals surface area (Å²) in [6, 6.07) is 5.46. The molecule has 1 fully saturated rings. The SMILES string of the molecule is C[C@H](Oc1ccc2c3c(c(=O)oc2c1)CCC3)C(=O)NCC[NH+]1CCOCC1. The van der Waals surface area contributed by atoms with Crippen molar-refractivity contribution in [3.8, 4) is 5.75 Å². The fourth-order valence-electron chi connectivity index (χ4n) is 4.01. The number of hydrogen-bond donors (Lipinski definition) is 2. The van der Waals surface area contributed by atoms with E-state index in [-0.39, 0.29) is 11.5 Å². The Morgan fingerprint density at radius 1 is 1.25 bits per heavy atom. The Morgan fingerprint density at radius 2 is 2.04 bits per heavy atom. The summed E-state index contributed by atoms with van der Waals surface area (Å²) in [6.45, 7) is 6.74. The van der Waals surface area contributed by atoms with E-state index in [0.29, 0.717) is 17.9 Å². The first-order valence-corrected chi connectivity index (χ1v) is 10.1. The number of morpholine rings is 1. The maximum atomic E-state index is 12.3. The highest BCUT2D eigenvalue weighted by molar-refractivity contribution is 5.84. The number of nitrogens with one attached hydrogen (secondary N) is 2. The topological polar surface area (TPSA) is 82.2 Å². The van der Waals surface area contributed by atoms with E-state index >= 15 is 0 Å². The van der Waals surface area contributed by atoms with Crippen molar-refractivity contribution >= 4 is 16.9 Å². The minimum absolute atomic E-state index is 0.150. The summed E-state index contributed by atoms with van der Waals surface area (Å²) in [5.74, 6) is 0.373. The van der Waals surface area contributed by atoms with Crippen LogP contribution in [0.5, 0.6) is 5.75 Å². The summed E-state index contributed by atoms with van der Waals surface area (Å²) in [5.41, 5.74) is 2.16. The van der Waals surface area contributed by atoms with E-state index in [1.807, 2.05) is 12.1 Å². The van der Waals surface area contributed by atoms with E-state index < -0.39 is 6.10 Å². The third-order valence-corrected chi connectivity index (χ3v) is 5.60. The Balaban J connectivity index is 1.36. The van der Waals surface area contributed by atoms with E-state index in [2.05, 4.69) is 5.32 Å². The third-order valence-electron chi connectivity index (χ3n) is 5.60. The van der Waals surface area contributed by atoms with Crippen LogP contribution in [0.1, 0.15) is 24.5 Å². The molecule has 150 valence electrons. The largest absolute Gasteiger partial charge is 0.481 e. The molecule has 28 heavy (non-hydrogen) atoms. The highest BCUT2D eigenvalue weighted by Gasteiger charge is 2.21. The van der Waals surface area contributed by atoms with Crippen molar-refractivity contribution in [3.63, 3.8) is 0 Å². The summed E-state index contributed by atoms with van der Waals surface area (Å²) >= 11 is 0. The molecule has 1 aliphatic heterocycles. The van der Waals surface area contributed by atoms with Gasteiger partial charge in [0.05, 0.1) is 26.3 Å². The van der Waals surface area contributed by atoms with Crippen LogP contribution in [0.3, 0.4) is 0 Å². The summed E-state index contributed by atoms with van der Waals surface area (Å²) < 4.78 is 16.6. The minimum Gasteiger partial charge on any atom is -0.481 e. The van der Waals surface area contributed by atoms with Gasteiger partial charge in [-0.05, 0) is 43.9 Å². The molecule has 1 saturated heterocycles. The van der Waals surface area contributed by atoms with E-state index in [0.717, 1.165) is 68.6 Å². The van der Waals surface area contributed by atoms with E-state index in [1.165, 1.54) is 4.90 Å². The fraction of sp³-hybridized carbons (Fsp3) is 0.524. The van der Waals surface area contributed by atoms with Gasteiger partial charge >= 0.3 is 5.63 Å². The molecule has 1 amide bonds. The molecule has 2 aromatic rings. The quantitative estimate of drug-likeness (QED) is 0.686. The third kappa shape index (κ3) is 4.05. The average molecular weight is 387 g/mol. The molecule has 0 radical (unpaired) electrons. The van der Waals surface area contributed by atoms with Crippen LogP contribution >= 0.6 is 0 Å². The number of amides is 1. The predicted octanol–water partition coefficient (Wildman–Crippen LogP) is 0.0803. The van der Waals surface area contributed by atoms with Gasteiger partial charge in [-0.25, -0.2) is 4.79 Å². The highest BCUT2D eigenvalue weighted by atomic mass is 16.5. The molecule has 1 atom stereocenters. The summed E-state index contributed by atoms with van der Waals surface area (Å²) in [4.78, 5) is 25.9. The lowest BCUT2D eigenvalue weighted by atomic mass is 10.1. The van der Waals surface area contributed by atoms with Crippen LogP contribution in [0.25, 0.3) is 11.0 Å². The molecule has 7 heteroatoms. The Morgan fingerprint density at radius 3 is 2.86 bits per heavy atom. The smallest absolute Gasteiger partial charge is 0.339 e. The van der Waals surface area contributed by atoms with E-state index in [4.69, 9.17) is 13.9 Å². The van der Waals surface area contributed by atoms with Crippen LogP contribution in [0.15, 0.2) is 27.4 Å². The molecule has 1 aromatic heterocycles. The van der Waals surface area contributed by atoms with Crippen molar-refractivity contribution in [1.29, 1.82) is 0 Å². The Labute approximate surface area is 163 Å². The first-order chi connectivity index (χ1) is 13.6. The number of benzene rings is 1. The van der Waals surface area contributed by atoms with Gasteiger partial charge < -0.3 is 24.1 Å². The van der Waals surface area contributed by atoms with Crippen LogP contribution in [0.4, 0.5) is 0 Å². The number of quaternary nitrogens is 1. The van der Waals surface area contributed by atoms with Crippen molar-refractivity contribution in [2.45, 2.75) is 32.3 Å². The molecule has 4 rings (SSSR count). The Bertz CT molecular complexity index is 917. The van der Waals surface area contributed by atoms with Crippen LogP contribution in [-0.4, -0.2) is 51.4 Å². The van der Waals surface area contributed by atoms with E-state index in [9.17, 15) is 9.59 Å². The fourth-order valence-corrected chi connectivity index (χ4v) is 4.01. The van der Waals surface area contributed by atoms with Crippen LogP contribution < -0.4 is 20.6 Å². The number of hydrogen-bond acceptors (Lipinski definition) is 5. The van der Waals surface area contributed by atoms with Crippen molar-refractivity contribution in [1.82, 2.24) is 5.32 Å². The van der Waals surface area contributed by atoms with Crippen molar-refractivity contribution < 1.29 is 23.6 Å². The number of fused-ring (bicyclic) bond motifs is 3. The van der Waals surface area contributed by atoms with Gasteiger partial charge in [0, 0.05) is 17.0 Å². The van der Waals surface area contributed by atoms with Crippen molar-refractivity contribution in [2.24, 2.45) is 0 Å². The van der Waals surface area contributed by atoms with Crippen LogP contribution in [0, 0.1) is 0 Å². The molecule has 2 aliphatic rings. The number of carbonyl (C=O) groups excluding carboxylic acids is 1. The number of aryl methyl sites for hydroxylation is 1. The first-order valence-electron chi connectivity index (χ1n) is 10.1. The van der Waals surface area contributed by atoms with Gasteiger partial charge in [0.2, 0.25) is 0 Å². The molecule has 0 spiro atoms. The minimum atomic E-state index is -0.627. The Hall–Kier alpha value is -2.38. The summed E-state index contributed by atoms with van der Waals surface area (Å²) in [5, 5.41) is 3.89. The lowest BCUT2D eigenvalue weighted by molar-refractivity contribution is -0.906. The first kappa shape index (κ1) is 19.0. The maximum Gasteiger partial charge on any atom is 0.339 e. The second-order valence-electron chi connectivity index (χ2n) is 7.52. The summed E-state index contributed by atoms with van der Waals surface area (Å²) in [7, 11) is 0. The van der Waals surface area contributed by atoms with Gasteiger partial charge in [0.25, 0.3) is 5.91 Å². The number of carbonyl (C=O) groups is 1. The van der Waals surface area contributed by atoms with Gasteiger partial charge in [-0.1, -0.05) is 0 Å². The lowest BCUT2D eigenvalue weighted by Gasteiger charge is -2.24. The number of ether oxygens (including phenoxy) is 2. The molecule has 1 aromatic carbocycles. The van der Waals surface area contributed by atoms with Gasteiger partial charge in [0.15, 0.2) is 6.10 Å². The molecule has 1 aliphatic carbocycles. The predicted molar refractivity (Wildman–Crippen MR) is 104 cm³/mol. The maximum absolute atomic E-state index is 12.3. The second kappa shape index (κ2) is 8.32.